The highest BCUT2D eigenvalue weighted by molar-refractivity contribution is 5.27. The Labute approximate surface area is 118 Å². The Hall–Kier alpha value is -1.02. The van der Waals surface area contributed by atoms with Crippen molar-refractivity contribution in [3.05, 3.63) is 29.8 Å². The molecule has 0 aromatic heterocycles. The van der Waals surface area contributed by atoms with Crippen LogP contribution in [0.1, 0.15) is 58.4 Å². The average molecular weight is 263 g/mol. The lowest BCUT2D eigenvalue weighted by Crippen LogP contribution is -2.32. The molecule has 0 saturated carbocycles. The first kappa shape index (κ1) is 16.0. The van der Waals surface area contributed by atoms with Crippen molar-refractivity contribution < 1.29 is 4.74 Å². The standard InChI is InChI=1S/C17H29NO/c1-4-5-6-7-14-19-16-10-8-15(9-11-16)12-13-17(2,3)18/h8-11H,4-7,12-14,18H2,1-3H3. The molecule has 0 atom stereocenters. The number of rotatable bonds is 9. The molecule has 1 rings (SSSR count). The Morgan fingerprint density at radius 1 is 1.05 bits per heavy atom. The normalized spacial score (nSPS) is 11.6. The van der Waals surface area contributed by atoms with Gasteiger partial charge in [0.1, 0.15) is 5.75 Å². The van der Waals surface area contributed by atoms with Gasteiger partial charge in [-0.2, -0.15) is 0 Å². The van der Waals surface area contributed by atoms with Gasteiger partial charge in [-0.15, -0.1) is 0 Å². The minimum absolute atomic E-state index is 0.0888. The summed E-state index contributed by atoms with van der Waals surface area (Å²) in [5, 5.41) is 0. The van der Waals surface area contributed by atoms with Gasteiger partial charge in [0.05, 0.1) is 6.61 Å². The fourth-order valence-corrected chi connectivity index (χ4v) is 1.94. The van der Waals surface area contributed by atoms with Crippen molar-refractivity contribution in [2.24, 2.45) is 5.73 Å². The van der Waals surface area contributed by atoms with Gasteiger partial charge in [0, 0.05) is 5.54 Å². The molecule has 19 heavy (non-hydrogen) atoms. The van der Waals surface area contributed by atoms with Crippen LogP contribution >= 0.6 is 0 Å². The van der Waals surface area contributed by atoms with Crippen LogP contribution in [0.2, 0.25) is 0 Å². The van der Waals surface area contributed by atoms with Gasteiger partial charge < -0.3 is 10.5 Å². The van der Waals surface area contributed by atoms with Gasteiger partial charge in [-0.05, 0) is 50.8 Å². The predicted octanol–water partition coefficient (Wildman–Crippen LogP) is 4.32. The summed E-state index contributed by atoms with van der Waals surface area (Å²) < 4.78 is 5.73. The largest absolute Gasteiger partial charge is 0.494 e. The zero-order valence-corrected chi connectivity index (χ0v) is 12.7. The van der Waals surface area contributed by atoms with E-state index in [2.05, 4.69) is 45.0 Å². The molecule has 0 heterocycles. The van der Waals surface area contributed by atoms with Crippen LogP contribution in [0.25, 0.3) is 0 Å². The van der Waals surface area contributed by atoms with E-state index in [0.717, 1.165) is 31.6 Å². The molecule has 0 spiro atoms. The second-order valence-corrected chi connectivity index (χ2v) is 6.04. The van der Waals surface area contributed by atoms with Crippen molar-refractivity contribution in [2.45, 2.75) is 64.8 Å². The van der Waals surface area contributed by atoms with Gasteiger partial charge >= 0.3 is 0 Å². The number of ether oxygens (including phenoxy) is 1. The molecule has 0 aliphatic carbocycles. The monoisotopic (exact) mass is 263 g/mol. The fraction of sp³-hybridized carbons (Fsp3) is 0.647. The molecule has 0 fully saturated rings. The second-order valence-electron chi connectivity index (χ2n) is 6.04. The molecule has 0 saturated heterocycles. The maximum atomic E-state index is 5.99. The van der Waals surface area contributed by atoms with Crippen molar-refractivity contribution in [1.29, 1.82) is 0 Å². The summed E-state index contributed by atoms with van der Waals surface area (Å²) in [6.07, 6.45) is 7.02. The van der Waals surface area contributed by atoms with E-state index in [1.807, 2.05) is 0 Å². The molecular formula is C17H29NO. The molecule has 0 radical (unpaired) electrons. The average Bonchev–Trinajstić information content (AvgIpc) is 2.37. The lowest BCUT2D eigenvalue weighted by Gasteiger charge is -2.18. The molecular weight excluding hydrogens is 234 g/mol. The van der Waals surface area contributed by atoms with E-state index in [-0.39, 0.29) is 5.54 Å². The summed E-state index contributed by atoms with van der Waals surface area (Å²) in [5.41, 5.74) is 7.24. The third-order valence-electron chi connectivity index (χ3n) is 3.25. The van der Waals surface area contributed by atoms with Gasteiger partial charge in [-0.25, -0.2) is 0 Å². The molecule has 1 aromatic rings. The Morgan fingerprint density at radius 2 is 1.74 bits per heavy atom. The first-order chi connectivity index (χ1) is 9.01. The van der Waals surface area contributed by atoms with Gasteiger partial charge in [0.2, 0.25) is 0 Å². The maximum absolute atomic E-state index is 5.99. The molecule has 2 N–H and O–H groups in total. The van der Waals surface area contributed by atoms with E-state index in [1.54, 1.807) is 0 Å². The van der Waals surface area contributed by atoms with Crippen molar-refractivity contribution in [3.63, 3.8) is 0 Å². The molecule has 0 amide bonds. The van der Waals surface area contributed by atoms with Crippen LogP contribution in [0.3, 0.4) is 0 Å². The minimum Gasteiger partial charge on any atom is -0.494 e. The van der Waals surface area contributed by atoms with Crippen LogP contribution in [0.15, 0.2) is 24.3 Å². The SMILES string of the molecule is CCCCCCOc1ccc(CCC(C)(C)N)cc1. The smallest absolute Gasteiger partial charge is 0.119 e. The highest BCUT2D eigenvalue weighted by Gasteiger charge is 2.10. The Bertz CT molecular complexity index is 337. The maximum Gasteiger partial charge on any atom is 0.119 e. The Kier molecular flexibility index (Phi) is 6.93. The number of nitrogens with two attached hydrogens (primary N) is 1. The number of aryl methyl sites for hydroxylation is 1. The van der Waals surface area contributed by atoms with Crippen molar-refractivity contribution in [1.82, 2.24) is 0 Å². The van der Waals surface area contributed by atoms with E-state index in [9.17, 15) is 0 Å². The summed E-state index contributed by atoms with van der Waals surface area (Å²) in [6, 6.07) is 8.43. The van der Waals surface area contributed by atoms with Gasteiger partial charge in [-0.3, -0.25) is 0 Å². The van der Waals surface area contributed by atoms with Crippen LogP contribution in [0.4, 0.5) is 0 Å². The number of hydrogen-bond donors (Lipinski definition) is 1. The first-order valence-electron chi connectivity index (χ1n) is 7.52. The third kappa shape index (κ3) is 7.89. The van der Waals surface area contributed by atoms with Crippen molar-refractivity contribution >= 4 is 0 Å². The van der Waals surface area contributed by atoms with Crippen LogP contribution in [0, 0.1) is 0 Å². The summed E-state index contributed by atoms with van der Waals surface area (Å²) in [4.78, 5) is 0. The summed E-state index contributed by atoms with van der Waals surface area (Å²) in [6.45, 7) is 7.19. The molecule has 2 nitrogen and oxygen atoms in total. The summed E-state index contributed by atoms with van der Waals surface area (Å²) >= 11 is 0. The molecule has 108 valence electrons. The Balaban J connectivity index is 2.27. The predicted molar refractivity (Wildman–Crippen MR) is 82.7 cm³/mol. The Morgan fingerprint density at radius 3 is 2.32 bits per heavy atom. The van der Waals surface area contributed by atoms with Gasteiger partial charge in [-0.1, -0.05) is 38.3 Å². The third-order valence-corrected chi connectivity index (χ3v) is 3.25. The van der Waals surface area contributed by atoms with E-state index < -0.39 is 0 Å². The lowest BCUT2D eigenvalue weighted by molar-refractivity contribution is 0.305. The topological polar surface area (TPSA) is 35.2 Å². The van der Waals surface area contributed by atoms with Crippen LogP contribution in [-0.2, 0) is 6.42 Å². The quantitative estimate of drug-likeness (QED) is 0.674. The van der Waals surface area contributed by atoms with Crippen LogP contribution in [0.5, 0.6) is 5.75 Å². The van der Waals surface area contributed by atoms with E-state index in [1.165, 1.54) is 24.8 Å². The fourth-order valence-electron chi connectivity index (χ4n) is 1.94. The van der Waals surface area contributed by atoms with E-state index >= 15 is 0 Å². The lowest BCUT2D eigenvalue weighted by atomic mass is 9.97. The van der Waals surface area contributed by atoms with E-state index in [4.69, 9.17) is 10.5 Å². The summed E-state index contributed by atoms with van der Waals surface area (Å²) in [5.74, 6) is 0.979. The highest BCUT2D eigenvalue weighted by Crippen LogP contribution is 2.16. The van der Waals surface area contributed by atoms with Crippen LogP contribution in [-0.4, -0.2) is 12.1 Å². The highest BCUT2D eigenvalue weighted by atomic mass is 16.5. The minimum atomic E-state index is -0.0888. The zero-order valence-electron chi connectivity index (χ0n) is 12.7. The number of hydrogen-bond acceptors (Lipinski definition) is 2. The van der Waals surface area contributed by atoms with Crippen molar-refractivity contribution in [3.8, 4) is 5.75 Å². The van der Waals surface area contributed by atoms with Gasteiger partial charge in [0.25, 0.3) is 0 Å². The molecule has 0 aliphatic rings. The first-order valence-corrected chi connectivity index (χ1v) is 7.52. The van der Waals surface area contributed by atoms with Gasteiger partial charge in [0.15, 0.2) is 0 Å². The second kappa shape index (κ2) is 8.21. The molecule has 0 bridgehead atoms. The molecule has 0 unspecified atom stereocenters. The van der Waals surface area contributed by atoms with E-state index in [0.29, 0.717) is 0 Å². The molecule has 1 aromatic carbocycles. The number of unbranched alkanes of at least 4 members (excludes halogenated alkanes) is 3. The molecule has 2 heteroatoms. The summed E-state index contributed by atoms with van der Waals surface area (Å²) in [7, 11) is 0. The zero-order chi connectivity index (χ0) is 14.1. The van der Waals surface area contributed by atoms with Crippen molar-refractivity contribution in [2.75, 3.05) is 6.61 Å². The van der Waals surface area contributed by atoms with Crippen LogP contribution < -0.4 is 10.5 Å². The molecule has 0 aliphatic heterocycles. The number of benzene rings is 1.